The summed E-state index contributed by atoms with van der Waals surface area (Å²) in [5.41, 5.74) is 4.23. The van der Waals surface area contributed by atoms with Crippen LogP contribution in [-0.4, -0.2) is 74.6 Å². The molecule has 2 fully saturated rings. The molecule has 0 atom stereocenters. The second-order valence-corrected chi connectivity index (χ2v) is 10.2. The molecule has 1 aromatic carbocycles. The molecule has 3 aliphatic rings. The number of hydrogen-bond acceptors (Lipinski definition) is 7. The minimum Gasteiger partial charge on any atom is -0.467 e. The van der Waals surface area contributed by atoms with E-state index in [1.165, 1.54) is 24.9 Å². The number of imidazole rings is 1. The lowest BCUT2D eigenvalue weighted by Crippen LogP contribution is -2.48. The molecule has 8 nitrogen and oxygen atoms in total. The molecule has 0 bridgehead atoms. The van der Waals surface area contributed by atoms with Crippen molar-refractivity contribution in [3.05, 3.63) is 48.2 Å². The summed E-state index contributed by atoms with van der Waals surface area (Å²) >= 11 is 0. The predicted octanol–water partition coefficient (Wildman–Crippen LogP) is 3.74. The number of nitrogens with zero attached hydrogens (tertiary/aromatic N) is 7. The molecular weight excluding hydrogens is 438 g/mol. The average molecular weight is 474 g/mol. The van der Waals surface area contributed by atoms with E-state index in [-0.39, 0.29) is 0 Å². The first kappa shape index (κ1) is 22.5. The van der Waals surface area contributed by atoms with Gasteiger partial charge in [-0.3, -0.25) is 14.4 Å². The largest absolute Gasteiger partial charge is 0.467 e. The fourth-order valence-corrected chi connectivity index (χ4v) is 5.42. The summed E-state index contributed by atoms with van der Waals surface area (Å²) in [6, 6.07) is 9.29. The molecule has 184 valence electrons. The van der Waals surface area contributed by atoms with Crippen molar-refractivity contribution in [1.29, 1.82) is 0 Å². The number of ether oxygens (including phenoxy) is 1. The summed E-state index contributed by atoms with van der Waals surface area (Å²) in [6.07, 6.45) is 7.85. The van der Waals surface area contributed by atoms with Crippen LogP contribution in [0.4, 0.5) is 5.69 Å². The lowest BCUT2D eigenvalue weighted by Gasteiger charge is -2.38. The van der Waals surface area contributed by atoms with E-state index in [1.807, 2.05) is 6.20 Å². The third kappa shape index (κ3) is 4.65. The molecule has 3 aromatic rings. The van der Waals surface area contributed by atoms with Crippen molar-refractivity contribution in [2.75, 3.05) is 44.2 Å². The monoisotopic (exact) mass is 473 g/mol. The number of fused-ring (bicyclic) bond motifs is 3. The van der Waals surface area contributed by atoms with Gasteiger partial charge in [-0.2, -0.15) is 0 Å². The second-order valence-electron chi connectivity index (χ2n) is 10.2. The molecule has 0 radical (unpaired) electrons. The van der Waals surface area contributed by atoms with Crippen LogP contribution >= 0.6 is 0 Å². The first-order valence-electron chi connectivity index (χ1n) is 13.0. The van der Waals surface area contributed by atoms with E-state index in [0.29, 0.717) is 18.5 Å². The van der Waals surface area contributed by atoms with Gasteiger partial charge in [0.05, 0.1) is 17.6 Å². The quantitative estimate of drug-likeness (QED) is 0.559. The highest BCUT2D eigenvalue weighted by atomic mass is 16.5. The third-order valence-corrected chi connectivity index (χ3v) is 7.52. The van der Waals surface area contributed by atoms with Crippen LogP contribution in [0.25, 0.3) is 17.1 Å². The molecule has 2 aromatic heterocycles. The Bertz CT molecular complexity index is 1160. The minimum absolute atomic E-state index is 0.423. The van der Waals surface area contributed by atoms with Crippen LogP contribution in [0.2, 0.25) is 0 Å². The Morgan fingerprint density at radius 3 is 2.43 bits per heavy atom. The van der Waals surface area contributed by atoms with Crippen molar-refractivity contribution in [3.63, 3.8) is 0 Å². The molecular formula is C27H35N7O. The Kier molecular flexibility index (Phi) is 6.16. The van der Waals surface area contributed by atoms with E-state index in [4.69, 9.17) is 19.7 Å². The molecule has 0 saturated carbocycles. The molecule has 0 unspecified atom stereocenters. The van der Waals surface area contributed by atoms with Gasteiger partial charge in [-0.1, -0.05) is 18.6 Å². The molecule has 3 aliphatic heterocycles. The molecule has 35 heavy (non-hydrogen) atoms. The van der Waals surface area contributed by atoms with Crippen molar-refractivity contribution in [2.45, 2.75) is 52.3 Å². The maximum atomic E-state index is 5.98. The molecule has 2 saturated heterocycles. The van der Waals surface area contributed by atoms with Crippen molar-refractivity contribution >= 4 is 5.69 Å². The van der Waals surface area contributed by atoms with E-state index in [9.17, 15) is 0 Å². The molecule has 5 heterocycles. The molecule has 0 spiro atoms. The SMILES string of the molecule is CC(C)N1CCN(c2ccc(-c3cnc4c(n3)OCc3nc(CN5CCCCC5)cn3-4)cc2)CC1. The van der Waals surface area contributed by atoms with Crippen molar-refractivity contribution in [1.82, 2.24) is 29.3 Å². The smallest absolute Gasteiger partial charge is 0.259 e. The van der Waals surface area contributed by atoms with Crippen molar-refractivity contribution < 1.29 is 4.74 Å². The van der Waals surface area contributed by atoms with Crippen LogP contribution in [0.1, 0.15) is 44.6 Å². The van der Waals surface area contributed by atoms with Gasteiger partial charge in [0, 0.05) is 56.2 Å². The first-order chi connectivity index (χ1) is 17.1. The topological polar surface area (TPSA) is 62.6 Å². The Morgan fingerprint density at radius 1 is 0.914 bits per heavy atom. The van der Waals surface area contributed by atoms with Gasteiger partial charge in [-0.25, -0.2) is 15.0 Å². The predicted molar refractivity (Wildman–Crippen MR) is 137 cm³/mol. The summed E-state index contributed by atoms with van der Waals surface area (Å²) in [5.74, 6) is 2.20. The van der Waals surface area contributed by atoms with Gasteiger partial charge in [0.15, 0.2) is 5.82 Å². The van der Waals surface area contributed by atoms with Crippen LogP contribution in [-0.2, 0) is 13.2 Å². The highest BCUT2D eigenvalue weighted by Crippen LogP contribution is 2.30. The summed E-state index contributed by atoms with van der Waals surface area (Å²) in [7, 11) is 0. The van der Waals surface area contributed by atoms with Crippen LogP contribution in [0, 0.1) is 0 Å². The molecule has 6 rings (SSSR count). The number of piperazine rings is 1. The normalized spacial score (nSPS) is 18.9. The number of likely N-dealkylation sites (tertiary alicyclic amines) is 1. The number of piperidine rings is 1. The Hall–Kier alpha value is -2.97. The molecule has 8 heteroatoms. The van der Waals surface area contributed by atoms with Crippen LogP contribution < -0.4 is 9.64 Å². The van der Waals surface area contributed by atoms with Crippen LogP contribution in [0.5, 0.6) is 5.88 Å². The third-order valence-electron chi connectivity index (χ3n) is 7.52. The summed E-state index contributed by atoms with van der Waals surface area (Å²) < 4.78 is 8.03. The number of benzene rings is 1. The minimum atomic E-state index is 0.423. The fourth-order valence-electron chi connectivity index (χ4n) is 5.42. The lowest BCUT2D eigenvalue weighted by atomic mass is 10.1. The van der Waals surface area contributed by atoms with Crippen LogP contribution in [0.15, 0.2) is 36.7 Å². The van der Waals surface area contributed by atoms with Crippen LogP contribution in [0.3, 0.4) is 0 Å². The number of hydrogen-bond donors (Lipinski definition) is 0. The lowest BCUT2D eigenvalue weighted by molar-refractivity contribution is 0.209. The fraction of sp³-hybridized carbons (Fsp3) is 0.519. The van der Waals surface area contributed by atoms with Gasteiger partial charge in [0.2, 0.25) is 5.82 Å². The van der Waals surface area contributed by atoms with Gasteiger partial charge in [-0.15, -0.1) is 0 Å². The number of anilines is 1. The van der Waals surface area contributed by atoms with Gasteiger partial charge >= 0.3 is 0 Å². The molecule has 0 aliphatic carbocycles. The first-order valence-corrected chi connectivity index (χ1v) is 13.0. The Balaban J connectivity index is 1.16. The second kappa shape index (κ2) is 9.59. The van der Waals surface area contributed by atoms with Gasteiger partial charge in [0.25, 0.3) is 5.88 Å². The zero-order chi connectivity index (χ0) is 23.8. The van der Waals surface area contributed by atoms with Gasteiger partial charge in [0.1, 0.15) is 6.61 Å². The Labute approximate surface area is 207 Å². The number of aromatic nitrogens is 4. The van der Waals surface area contributed by atoms with Crippen molar-refractivity contribution in [2.24, 2.45) is 0 Å². The number of rotatable bonds is 5. The summed E-state index contributed by atoms with van der Waals surface area (Å²) in [5, 5.41) is 0. The van der Waals surface area contributed by atoms with Gasteiger partial charge < -0.3 is 9.64 Å². The van der Waals surface area contributed by atoms with E-state index in [2.05, 4.69) is 63.6 Å². The zero-order valence-corrected chi connectivity index (χ0v) is 20.9. The highest BCUT2D eigenvalue weighted by molar-refractivity contribution is 5.64. The van der Waals surface area contributed by atoms with E-state index < -0.39 is 0 Å². The van der Waals surface area contributed by atoms with Gasteiger partial charge in [-0.05, 0) is 51.9 Å². The molecule has 0 N–H and O–H groups in total. The standard InChI is InChI=1S/C27H35N7O/c1-20(2)32-12-14-33(15-13-32)23-8-6-21(7-9-23)24-16-28-26-27(30-24)35-19-25-29-22(18-34(25)26)17-31-10-4-3-5-11-31/h6-9,16,18,20H,3-5,10-15,17,19H2,1-2H3. The Morgan fingerprint density at radius 2 is 1.69 bits per heavy atom. The maximum Gasteiger partial charge on any atom is 0.259 e. The van der Waals surface area contributed by atoms with E-state index in [1.54, 1.807) is 0 Å². The average Bonchev–Trinajstić information content (AvgIpc) is 3.32. The summed E-state index contributed by atoms with van der Waals surface area (Å²) in [4.78, 5) is 21.9. The maximum absolute atomic E-state index is 5.98. The van der Waals surface area contributed by atoms with E-state index in [0.717, 1.165) is 74.4 Å². The highest BCUT2D eigenvalue weighted by Gasteiger charge is 2.24. The summed E-state index contributed by atoms with van der Waals surface area (Å²) in [6.45, 7) is 12.5. The van der Waals surface area contributed by atoms with E-state index >= 15 is 0 Å². The van der Waals surface area contributed by atoms with Crippen molar-refractivity contribution in [3.8, 4) is 23.0 Å². The zero-order valence-electron chi connectivity index (χ0n) is 20.9. The molecule has 0 amide bonds.